The molecule has 5 saturated carbocycles. The first-order valence-corrected chi connectivity index (χ1v) is 24.9. The molecule has 0 N–H and O–H groups in total. The average Bonchev–Trinajstić information content (AvgIpc) is 4.02. The van der Waals surface area contributed by atoms with Gasteiger partial charge in [0.1, 0.15) is 0 Å². The van der Waals surface area contributed by atoms with Crippen molar-refractivity contribution in [1.29, 1.82) is 0 Å². The van der Waals surface area contributed by atoms with E-state index in [9.17, 15) is 0 Å². The fraction of sp³-hybridized carbons (Fsp3) is 0.560. The molecule has 0 nitrogen and oxygen atoms in total. The third-order valence-corrected chi connectivity index (χ3v) is 23.7. The number of terminal acetylenes is 1. The molecular formula is C50H62P2S. The van der Waals surface area contributed by atoms with Gasteiger partial charge in [0.2, 0.25) is 0 Å². The first kappa shape index (κ1) is 36.8. The van der Waals surface area contributed by atoms with Crippen LogP contribution in [0.2, 0.25) is 0 Å². The molecule has 4 aromatic carbocycles. The molecule has 12 atom stereocenters. The van der Waals surface area contributed by atoms with Gasteiger partial charge in [-0.2, -0.15) is 11.8 Å². The zero-order valence-electron chi connectivity index (χ0n) is 34.0. The Morgan fingerprint density at radius 3 is 2.11 bits per heavy atom. The van der Waals surface area contributed by atoms with Crippen molar-refractivity contribution in [3.63, 3.8) is 0 Å². The highest BCUT2D eigenvalue weighted by Gasteiger charge is 2.96. The Bertz CT molecular complexity index is 2110. The molecule has 278 valence electrons. The normalized spacial score (nSPS) is 35.7. The third-order valence-electron chi connectivity index (χ3n) is 15.8. The maximum absolute atomic E-state index is 6.85. The first-order valence-electron chi connectivity index (χ1n) is 20.7. The maximum atomic E-state index is 6.85. The van der Waals surface area contributed by atoms with Gasteiger partial charge in [-0.1, -0.05) is 155 Å². The van der Waals surface area contributed by atoms with Crippen LogP contribution in [0.15, 0.2) is 78.9 Å². The van der Waals surface area contributed by atoms with Crippen LogP contribution < -0.4 is 10.6 Å². The Labute approximate surface area is 328 Å². The summed E-state index contributed by atoms with van der Waals surface area (Å²) in [7, 11) is -1.20. The lowest BCUT2D eigenvalue weighted by atomic mass is 9.83. The molecule has 0 saturated heterocycles. The minimum Gasteiger partial charge on any atom is -0.165 e. The Morgan fingerprint density at radius 2 is 1.49 bits per heavy atom. The summed E-state index contributed by atoms with van der Waals surface area (Å²) < 4.78 is 0. The topological polar surface area (TPSA) is 0 Å². The van der Waals surface area contributed by atoms with Gasteiger partial charge in [0, 0.05) is 16.8 Å². The highest BCUT2D eigenvalue weighted by molar-refractivity contribution is 7.99. The monoisotopic (exact) mass is 756 g/mol. The summed E-state index contributed by atoms with van der Waals surface area (Å²) in [5, 5.41) is 9.50. The Morgan fingerprint density at radius 1 is 0.849 bits per heavy atom. The van der Waals surface area contributed by atoms with Crippen LogP contribution in [0.5, 0.6) is 0 Å². The largest absolute Gasteiger partial charge is 0.165 e. The van der Waals surface area contributed by atoms with Crippen molar-refractivity contribution in [2.24, 2.45) is 46.3 Å². The summed E-state index contributed by atoms with van der Waals surface area (Å²) in [6, 6.07) is 31.4. The predicted molar refractivity (Wildman–Crippen MR) is 238 cm³/mol. The van der Waals surface area contributed by atoms with Crippen molar-refractivity contribution in [2.45, 2.75) is 115 Å². The summed E-state index contributed by atoms with van der Waals surface area (Å²) in [5.41, 5.74) is 4.09. The molecule has 3 heteroatoms. The molecule has 4 aromatic rings. The van der Waals surface area contributed by atoms with Crippen LogP contribution in [0.1, 0.15) is 93.6 Å². The highest BCUT2D eigenvalue weighted by atomic mass is 32.2. The van der Waals surface area contributed by atoms with Gasteiger partial charge in [0.25, 0.3) is 0 Å². The lowest BCUT2D eigenvalue weighted by Crippen LogP contribution is -2.41. The van der Waals surface area contributed by atoms with E-state index in [0.717, 1.165) is 11.8 Å². The molecule has 0 amide bonds. The van der Waals surface area contributed by atoms with E-state index in [1.165, 1.54) is 47.6 Å². The van der Waals surface area contributed by atoms with Gasteiger partial charge in [0.15, 0.2) is 0 Å². The first-order chi connectivity index (χ1) is 25.1. The fourth-order valence-corrected chi connectivity index (χ4v) is 23.2. The quantitative estimate of drug-likeness (QED) is 0.121. The number of fused-ring (bicyclic) bond motifs is 5. The van der Waals surface area contributed by atoms with Gasteiger partial charge in [-0.25, -0.2) is 0 Å². The molecule has 5 fully saturated rings. The van der Waals surface area contributed by atoms with E-state index >= 15 is 0 Å². The molecule has 0 heterocycles. The molecule has 5 aliphatic rings. The summed E-state index contributed by atoms with van der Waals surface area (Å²) in [6.45, 7) is 22.7. The minimum absolute atomic E-state index is 0.179. The van der Waals surface area contributed by atoms with E-state index in [4.69, 9.17) is 6.42 Å². The average molecular weight is 757 g/mol. The van der Waals surface area contributed by atoms with Gasteiger partial charge in [0.05, 0.1) is 0 Å². The lowest BCUT2D eigenvalue weighted by molar-refractivity contribution is 0.318. The second kappa shape index (κ2) is 12.3. The summed E-state index contributed by atoms with van der Waals surface area (Å²) in [4.78, 5) is 0. The van der Waals surface area contributed by atoms with E-state index in [0.29, 0.717) is 51.2 Å². The third kappa shape index (κ3) is 5.30. The molecule has 12 unspecified atom stereocenters. The lowest BCUT2D eigenvalue weighted by Gasteiger charge is -2.49. The summed E-state index contributed by atoms with van der Waals surface area (Å²) in [5.74, 6) is 9.19. The van der Waals surface area contributed by atoms with Crippen LogP contribution in [0.4, 0.5) is 0 Å². The van der Waals surface area contributed by atoms with Crippen molar-refractivity contribution in [3.05, 3.63) is 84.4 Å². The van der Waals surface area contributed by atoms with Crippen LogP contribution >= 0.6 is 27.6 Å². The number of hydrogen-bond acceptors (Lipinski definition) is 1. The number of rotatable bonds is 9. The maximum Gasteiger partial charge on any atom is 0.0442 e. The highest BCUT2D eigenvalue weighted by Crippen LogP contribution is 3.01. The molecule has 0 bridgehead atoms. The van der Waals surface area contributed by atoms with Crippen LogP contribution in [0, 0.1) is 58.7 Å². The molecular weight excluding hydrogens is 695 g/mol. The molecule has 53 heavy (non-hydrogen) atoms. The molecule has 9 rings (SSSR count). The molecule has 0 aliphatic heterocycles. The van der Waals surface area contributed by atoms with Crippen molar-refractivity contribution in [3.8, 4) is 12.3 Å². The SMILES string of the molecule is C#CC(C1C(C)C(C)CC1C(CSC)P(c1cccc2ccccc12)c1cccc2cccc(C34CC56CC5C6C3(C)C4)c12)P(C(C)(C)C)C(C)(C)C. The van der Waals surface area contributed by atoms with E-state index in [-0.39, 0.29) is 10.3 Å². The van der Waals surface area contributed by atoms with Crippen LogP contribution in [-0.4, -0.2) is 33.6 Å². The second-order valence-corrected chi connectivity index (χ2v) is 27.8. The van der Waals surface area contributed by atoms with Crippen LogP contribution in [-0.2, 0) is 5.41 Å². The van der Waals surface area contributed by atoms with E-state index < -0.39 is 15.8 Å². The van der Waals surface area contributed by atoms with Crippen molar-refractivity contribution >= 4 is 59.8 Å². The standard InChI is InChI=1S/C50H62P2S/c1-12-39(52(46(4,5)6)47(7,8)9)43-32(3)31(2)26-36(43)42(28-53-11)51(40-24-16-19-33-18-13-14-22-35(33)40)41-25-17-21-34-20-15-23-37(44(34)41)50-29-48(50,10)45-38-27-49(38,45)30-50/h1,13-25,31-32,36,38-39,42-43,45H,26-30H2,2-11H3. The Balaban J connectivity index is 1.27. The Kier molecular flexibility index (Phi) is 8.56. The van der Waals surface area contributed by atoms with Gasteiger partial charge >= 0.3 is 0 Å². The summed E-state index contributed by atoms with van der Waals surface area (Å²) >= 11 is 2.09. The molecule has 0 radical (unpaired) electrons. The number of thioether (sulfide) groups is 1. The van der Waals surface area contributed by atoms with Gasteiger partial charge in [-0.3, -0.25) is 0 Å². The van der Waals surface area contributed by atoms with E-state index in [1.807, 2.05) is 0 Å². The van der Waals surface area contributed by atoms with Gasteiger partial charge in [-0.05, 0) is 140 Å². The number of hydrogen-bond donors (Lipinski definition) is 0. The minimum atomic E-state index is -0.736. The summed E-state index contributed by atoms with van der Waals surface area (Å²) in [6.07, 6.45) is 14.8. The van der Waals surface area contributed by atoms with E-state index in [2.05, 4.69) is 165 Å². The smallest absolute Gasteiger partial charge is 0.0442 e. The van der Waals surface area contributed by atoms with Crippen molar-refractivity contribution in [2.75, 3.05) is 12.0 Å². The zero-order chi connectivity index (χ0) is 37.5. The van der Waals surface area contributed by atoms with Crippen LogP contribution in [0.3, 0.4) is 0 Å². The van der Waals surface area contributed by atoms with Crippen molar-refractivity contribution < 1.29 is 0 Å². The van der Waals surface area contributed by atoms with Gasteiger partial charge in [-0.15, -0.1) is 6.42 Å². The predicted octanol–water partition coefficient (Wildman–Crippen LogP) is 12.8. The van der Waals surface area contributed by atoms with Crippen molar-refractivity contribution in [1.82, 2.24) is 0 Å². The molecule has 0 aromatic heterocycles. The van der Waals surface area contributed by atoms with Crippen LogP contribution in [0.25, 0.3) is 21.5 Å². The zero-order valence-corrected chi connectivity index (χ0v) is 36.6. The van der Waals surface area contributed by atoms with E-state index in [1.54, 1.807) is 21.6 Å². The molecule has 1 spiro atoms. The second-order valence-electron chi connectivity index (χ2n) is 20.6. The fourth-order valence-electron chi connectivity index (χ4n) is 13.8. The van der Waals surface area contributed by atoms with Gasteiger partial charge < -0.3 is 0 Å². The molecule has 5 aliphatic carbocycles. The number of benzene rings is 4. The Hall–Kier alpha value is -1.83.